The number of benzene rings is 1. The Morgan fingerprint density at radius 3 is 2.46 bits per heavy atom. The van der Waals surface area contributed by atoms with Crippen LogP contribution in [0.2, 0.25) is 0 Å². The van der Waals surface area contributed by atoms with Crippen LogP contribution in [0.3, 0.4) is 0 Å². The van der Waals surface area contributed by atoms with E-state index < -0.39 is 5.97 Å². The van der Waals surface area contributed by atoms with E-state index >= 15 is 0 Å². The molecule has 3 heterocycles. The summed E-state index contributed by atoms with van der Waals surface area (Å²) in [5.41, 5.74) is 4.42. The quantitative estimate of drug-likeness (QED) is 0.298. The lowest BCUT2D eigenvalue weighted by Gasteiger charge is -2.32. The fourth-order valence-electron chi connectivity index (χ4n) is 4.41. The first-order valence-electron chi connectivity index (χ1n) is 11.8. The molecule has 0 radical (unpaired) electrons. The van der Waals surface area contributed by atoms with Crippen LogP contribution in [0.4, 0.5) is 5.82 Å². The van der Waals surface area contributed by atoms with Gasteiger partial charge in [-0.15, -0.1) is 0 Å². The van der Waals surface area contributed by atoms with E-state index in [1.54, 1.807) is 24.1 Å². The van der Waals surface area contributed by atoms with E-state index in [1.165, 1.54) is 16.6 Å². The Kier molecular flexibility index (Phi) is 6.69. The summed E-state index contributed by atoms with van der Waals surface area (Å²) < 4.78 is 6.79. The van der Waals surface area contributed by atoms with Gasteiger partial charge in [0.15, 0.2) is 5.78 Å². The lowest BCUT2D eigenvalue weighted by molar-refractivity contribution is -0.138. The monoisotopic (exact) mass is 471 g/mol. The summed E-state index contributed by atoms with van der Waals surface area (Å²) in [6.45, 7) is 10.1. The van der Waals surface area contributed by atoms with Gasteiger partial charge in [0.2, 0.25) is 0 Å². The van der Waals surface area contributed by atoms with Crippen molar-refractivity contribution in [3.63, 3.8) is 0 Å². The molecule has 0 spiro atoms. The number of allylic oxidation sites excluding steroid dienone is 1. The molecule has 1 aliphatic heterocycles. The Morgan fingerprint density at radius 2 is 1.80 bits per heavy atom. The number of pyridine rings is 1. The Bertz CT molecular complexity index is 1440. The smallest absolute Gasteiger partial charge is 0.340 e. The minimum Gasteiger partial charge on any atom is -0.462 e. The molecule has 0 amide bonds. The van der Waals surface area contributed by atoms with E-state index in [0.717, 1.165) is 16.7 Å². The molecule has 1 aromatic carbocycles. The van der Waals surface area contributed by atoms with Gasteiger partial charge in [-0.2, -0.15) is 0 Å². The Balaban J connectivity index is 1.99. The second kappa shape index (κ2) is 9.70. The Labute approximate surface area is 204 Å². The number of carbonyl (C=O) groups excluding carboxylic acids is 2. The van der Waals surface area contributed by atoms with E-state index in [9.17, 15) is 14.4 Å². The molecular formula is C28H29N3O4. The highest BCUT2D eigenvalue weighted by atomic mass is 16.5. The van der Waals surface area contributed by atoms with Crippen molar-refractivity contribution in [2.45, 2.75) is 41.0 Å². The summed E-state index contributed by atoms with van der Waals surface area (Å²) in [6, 6.07) is 9.32. The highest BCUT2D eigenvalue weighted by molar-refractivity contribution is 6.10. The molecule has 0 aliphatic carbocycles. The molecule has 0 N–H and O–H groups in total. The maximum Gasteiger partial charge on any atom is 0.340 e. The molecule has 0 bridgehead atoms. The summed E-state index contributed by atoms with van der Waals surface area (Å²) >= 11 is 0. The average molecular weight is 472 g/mol. The maximum absolute atomic E-state index is 13.4. The molecule has 1 aliphatic rings. The van der Waals surface area contributed by atoms with Gasteiger partial charge in [-0.3, -0.25) is 14.0 Å². The van der Waals surface area contributed by atoms with Crippen molar-refractivity contribution in [1.29, 1.82) is 0 Å². The van der Waals surface area contributed by atoms with Crippen LogP contribution >= 0.6 is 0 Å². The number of hydrogen-bond donors (Lipinski definition) is 0. The summed E-state index contributed by atoms with van der Waals surface area (Å²) in [4.78, 5) is 46.4. The largest absolute Gasteiger partial charge is 0.462 e. The third-order valence-corrected chi connectivity index (χ3v) is 5.89. The van der Waals surface area contributed by atoms with Crippen molar-refractivity contribution in [2.75, 3.05) is 18.1 Å². The van der Waals surface area contributed by atoms with Gasteiger partial charge >= 0.3 is 5.97 Å². The van der Waals surface area contributed by atoms with Crippen molar-refractivity contribution in [3.05, 3.63) is 92.0 Å². The van der Waals surface area contributed by atoms with Crippen molar-refractivity contribution in [2.24, 2.45) is 0 Å². The van der Waals surface area contributed by atoms with Gasteiger partial charge in [-0.25, -0.2) is 9.78 Å². The maximum atomic E-state index is 13.4. The highest BCUT2D eigenvalue weighted by Crippen LogP contribution is 2.34. The molecule has 7 nitrogen and oxygen atoms in total. The summed E-state index contributed by atoms with van der Waals surface area (Å²) in [6.07, 6.45) is 5.33. The van der Waals surface area contributed by atoms with Crippen LogP contribution in [-0.4, -0.2) is 34.3 Å². The fourth-order valence-corrected chi connectivity index (χ4v) is 4.41. The zero-order chi connectivity index (χ0) is 25.3. The molecule has 0 saturated heterocycles. The molecule has 180 valence electrons. The van der Waals surface area contributed by atoms with Crippen molar-refractivity contribution >= 4 is 29.3 Å². The molecule has 7 heteroatoms. The van der Waals surface area contributed by atoms with Gasteiger partial charge in [0.25, 0.3) is 5.56 Å². The van der Waals surface area contributed by atoms with Gasteiger partial charge in [-0.1, -0.05) is 30.2 Å². The van der Waals surface area contributed by atoms with Gasteiger partial charge < -0.3 is 9.64 Å². The summed E-state index contributed by atoms with van der Waals surface area (Å²) in [5.74, 6) is -0.397. The minimum atomic E-state index is -0.590. The predicted molar refractivity (Wildman–Crippen MR) is 137 cm³/mol. The van der Waals surface area contributed by atoms with Crippen molar-refractivity contribution in [1.82, 2.24) is 9.38 Å². The van der Waals surface area contributed by atoms with Crippen LogP contribution in [0, 0.1) is 20.8 Å². The second-order valence-electron chi connectivity index (χ2n) is 8.74. The number of fused-ring (bicyclic) bond motifs is 2. The number of rotatable bonds is 6. The van der Waals surface area contributed by atoms with Crippen molar-refractivity contribution < 1.29 is 14.3 Å². The Morgan fingerprint density at radius 1 is 1.09 bits per heavy atom. The first kappa shape index (κ1) is 24.1. The van der Waals surface area contributed by atoms with Crippen LogP contribution in [0.15, 0.2) is 58.7 Å². The van der Waals surface area contributed by atoms with E-state index in [1.807, 2.05) is 52.0 Å². The van der Waals surface area contributed by atoms with E-state index in [4.69, 9.17) is 9.72 Å². The third kappa shape index (κ3) is 4.54. The molecule has 0 unspecified atom stereocenters. The molecule has 0 atom stereocenters. The first-order valence-corrected chi connectivity index (χ1v) is 11.8. The van der Waals surface area contributed by atoms with E-state index in [2.05, 4.69) is 0 Å². The molecule has 0 saturated carbocycles. The van der Waals surface area contributed by atoms with Gasteiger partial charge in [-0.05, 0) is 64.0 Å². The molecule has 2 aromatic heterocycles. The average Bonchev–Trinajstić information content (AvgIpc) is 2.81. The SMILES string of the molecule is CCCN1/C(=C\C(=O)c2cc(C)cc(C)c2)C(C(=O)OCC)=Cc2c1nc1c(C)cccn1c2=O. The van der Waals surface area contributed by atoms with Crippen LogP contribution in [0.1, 0.15) is 52.9 Å². The second-order valence-corrected chi connectivity index (χ2v) is 8.74. The standard InChI is InChI=1S/C28H29N3O4/c1-6-10-30-23(16-24(32)20-13-17(3)12-18(4)14-20)21(28(34)35-7-2)15-22-26(30)29-25-19(5)9-8-11-31(25)27(22)33/h8-9,11-16H,6-7,10H2,1-5H3/b23-16-. The normalized spacial score (nSPS) is 14.1. The Hall–Kier alpha value is -4.00. The lowest BCUT2D eigenvalue weighted by atomic mass is 9.98. The van der Waals surface area contributed by atoms with E-state index in [-0.39, 0.29) is 23.5 Å². The lowest BCUT2D eigenvalue weighted by Crippen LogP contribution is -2.35. The predicted octanol–water partition coefficient (Wildman–Crippen LogP) is 4.56. The number of anilines is 1. The number of aromatic nitrogens is 2. The van der Waals surface area contributed by atoms with Gasteiger partial charge in [0.1, 0.15) is 11.5 Å². The number of hydrogen-bond acceptors (Lipinski definition) is 6. The third-order valence-electron chi connectivity index (χ3n) is 5.89. The van der Waals surface area contributed by atoms with Crippen LogP contribution < -0.4 is 10.5 Å². The first-order chi connectivity index (χ1) is 16.7. The highest BCUT2D eigenvalue weighted by Gasteiger charge is 2.32. The molecule has 0 fully saturated rings. The summed E-state index contributed by atoms with van der Waals surface area (Å²) in [5, 5.41) is 0. The number of ether oxygens (including phenoxy) is 1. The van der Waals surface area contributed by atoms with Crippen molar-refractivity contribution in [3.8, 4) is 0 Å². The number of aryl methyl sites for hydroxylation is 3. The van der Waals surface area contributed by atoms with Crippen LogP contribution in [-0.2, 0) is 9.53 Å². The molecule has 35 heavy (non-hydrogen) atoms. The van der Waals surface area contributed by atoms with Crippen LogP contribution in [0.25, 0.3) is 11.7 Å². The summed E-state index contributed by atoms with van der Waals surface area (Å²) in [7, 11) is 0. The zero-order valence-corrected chi connectivity index (χ0v) is 20.7. The molecule has 3 aromatic rings. The number of ketones is 1. The number of carbonyl (C=O) groups is 2. The number of nitrogens with zero attached hydrogens (tertiary/aromatic N) is 3. The van der Waals surface area contributed by atoms with E-state index in [0.29, 0.717) is 41.3 Å². The molecular weight excluding hydrogens is 442 g/mol. The number of esters is 1. The molecule has 4 rings (SSSR count). The zero-order valence-electron chi connectivity index (χ0n) is 20.7. The van der Waals surface area contributed by atoms with Gasteiger partial charge in [0.05, 0.1) is 23.4 Å². The fraction of sp³-hybridized carbons (Fsp3) is 0.286. The topological polar surface area (TPSA) is 81.0 Å². The van der Waals surface area contributed by atoms with Crippen LogP contribution in [0.5, 0.6) is 0 Å². The minimum absolute atomic E-state index is 0.164. The van der Waals surface area contributed by atoms with Gasteiger partial charge in [0, 0.05) is 24.4 Å².